The van der Waals surface area contributed by atoms with Gasteiger partial charge in [0.1, 0.15) is 0 Å². The summed E-state index contributed by atoms with van der Waals surface area (Å²) in [4.78, 5) is 0. The first-order valence-corrected chi connectivity index (χ1v) is 9.65. The van der Waals surface area contributed by atoms with Gasteiger partial charge in [0.05, 0.1) is 32.7 Å². The van der Waals surface area contributed by atoms with Gasteiger partial charge >= 0.3 is 8.80 Å². The van der Waals surface area contributed by atoms with Crippen molar-refractivity contribution in [1.29, 1.82) is 0 Å². The lowest BCUT2D eigenvalue weighted by Crippen LogP contribution is -3.00. The maximum Gasteiger partial charge on any atom is 0.505 e. The molecule has 136 valence electrons. The molecule has 0 aliphatic rings. The molecule has 0 heterocycles. The molecule has 0 atom stereocenters. The highest BCUT2D eigenvalue weighted by Crippen LogP contribution is 2.18. The van der Waals surface area contributed by atoms with Gasteiger partial charge in [0.25, 0.3) is 0 Å². The van der Waals surface area contributed by atoms with E-state index < -0.39 is 8.80 Å². The summed E-state index contributed by atoms with van der Waals surface area (Å²) >= 11 is 0. The Hall–Kier alpha value is 0.267. The fourth-order valence-electron chi connectivity index (χ4n) is 2.51. The first kappa shape index (κ1) is 24.5. The SMILES string of the molecule is CO[Si](CC[N+](C)(CCCCO)CCCCO)(OC)OC.[Cl-]. The number of rotatable bonds is 14. The summed E-state index contributed by atoms with van der Waals surface area (Å²) in [6.45, 7) is 3.41. The van der Waals surface area contributed by atoms with Gasteiger partial charge in [-0.15, -0.1) is 0 Å². The smallest absolute Gasteiger partial charge is 0.505 e. The first-order valence-electron chi connectivity index (χ1n) is 7.72. The van der Waals surface area contributed by atoms with E-state index >= 15 is 0 Å². The van der Waals surface area contributed by atoms with E-state index in [9.17, 15) is 0 Å². The number of hydrogen-bond donors (Lipinski definition) is 2. The third kappa shape index (κ3) is 9.42. The van der Waals surface area contributed by atoms with Crippen LogP contribution < -0.4 is 12.4 Å². The molecule has 0 fully saturated rings. The molecular weight excluding hydrogens is 326 g/mol. The molecule has 0 radical (unpaired) electrons. The molecule has 0 bridgehead atoms. The summed E-state index contributed by atoms with van der Waals surface area (Å²) < 4.78 is 17.4. The third-order valence-corrected chi connectivity index (χ3v) is 6.80. The summed E-state index contributed by atoms with van der Waals surface area (Å²) in [6, 6.07) is 0.769. The average Bonchev–Trinajstić information content (AvgIpc) is 2.50. The van der Waals surface area contributed by atoms with Crippen molar-refractivity contribution < 1.29 is 40.4 Å². The molecule has 0 unspecified atom stereocenters. The van der Waals surface area contributed by atoms with Crippen molar-refractivity contribution in [2.75, 3.05) is 61.2 Å². The molecule has 6 nitrogen and oxygen atoms in total. The van der Waals surface area contributed by atoms with Crippen molar-refractivity contribution in [3.05, 3.63) is 0 Å². The molecular formula is C14H34ClNO5Si. The average molecular weight is 360 g/mol. The zero-order valence-corrected chi connectivity index (χ0v) is 16.3. The highest BCUT2D eigenvalue weighted by Gasteiger charge is 2.40. The summed E-state index contributed by atoms with van der Waals surface area (Å²) in [5.41, 5.74) is 0. The number of aliphatic hydroxyl groups excluding tert-OH is 2. The number of hydrogen-bond acceptors (Lipinski definition) is 5. The Bertz CT molecular complexity index is 239. The Kier molecular flexibility index (Phi) is 15.2. The Morgan fingerprint density at radius 3 is 1.50 bits per heavy atom. The fourth-order valence-corrected chi connectivity index (χ4v) is 4.44. The molecule has 0 amide bonds. The van der Waals surface area contributed by atoms with Crippen LogP contribution in [0.5, 0.6) is 0 Å². The van der Waals surface area contributed by atoms with E-state index in [0.29, 0.717) is 0 Å². The molecule has 0 aliphatic carbocycles. The molecule has 0 aromatic carbocycles. The van der Waals surface area contributed by atoms with Crippen molar-refractivity contribution in [3.8, 4) is 0 Å². The van der Waals surface area contributed by atoms with E-state index in [-0.39, 0.29) is 25.6 Å². The Morgan fingerprint density at radius 2 is 1.18 bits per heavy atom. The largest absolute Gasteiger partial charge is 1.00 e. The predicted octanol–water partition coefficient (Wildman–Crippen LogP) is -2.14. The van der Waals surface area contributed by atoms with Crippen LogP contribution in [0.1, 0.15) is 25.7 Å². The number of quaternary nitrogens is 1. The molecule has 0 aromatic rings. The molecule has 8 heteroatoms. The van der Waals surface area contributed by atoms with Gasteiger partial charge < -0.3 is 40.4 Å². The zero-order chi connectivity index (χ0) is 16.2. The maximum absolute atomic E-state index is 8.96. The highest BCUT2D eigenvalue weighted by atomic mass is 35.5. The van der Waals surface area contributed by atoms with Gasteiger partial charge in [-0.05, 0) is 25.7 Å². The Morgan fingerprint density at radius 1 is 0.773 bits per heavy atom. The number of unbranched alkanes of at least 4 members (excludes halogenated alkanes) is 2. The summed E-state index contributed by atoms with van der Waals surface area (Å²) in [7, 11) is 4.60. The van der Waals surface area contributed by atoms with Crippen molar-refractivity contribution in [2.24, 2.45) is 0 Å². The molecule has 0 saturated carbocycles. The van der Waals surface area contributed by atoms with Gasteiger partial charge in [-0.3, -0.25) is 0 Å². The van der Waals surface area contributed by atoms with Crippen LogP contribution in [-0.4, -0.2) is 84.7 Å². The van der Waals surface area contributed by atoms with Crippen LogP contribution in [0.3, 0.4) is 0 Å². The van der Waals surface area contributed by atoms with Crippen LogP contribution in [0, 0.1) is 0 Å². The minimum absolute atomic E-state index is 0. The van der Waals surface area contributed by atoms with Gasteiger partial charge in [-0.25, -0.2) is 0 Å². The minimum atomic E-state index is -2.54. The van der Waals surface area contributed by atoms with Crippen LogP contribution in [-0.2, 0) is 13.3 Å². The zero-order valence-electron chi connectivity index (χ0n) is 14.5. The van der Waals surface area contributed by atoms with Crippen LogP contribution in [0.25, 0.3) is 0 Å². The molecule has 0 rings (SSSR count). The van der Waals surface area contributed by atoms with E-state index in [1.807, 2.05) is 0 Å². The van der Waals surface area contributed by atoms with Crippen LogP contribution in [0.15, 0.2) is 0 Å². The lowest BCUT2D eigenvalue weighted by atomic mass is 10.2. The first-order chi connectivity index (χ1) is 10.0. The molecule has 22 heavy (non-hydrogen) atoms. The van der Waals surface area contributed by atoms with E-state index in [2.05, 4.69) is 7.05 Å². The van der Waals surface area contributed by atoms with Gasteiger partial charge in [-0.1, -0.05) is 0 Å². The Labute approximate surface area is 142 Å². The maximum atomic E-state index is 8.96. The standard InChI is InChI=1S/C14H34NO5Si.ClH/c1-15(9-5-7-12-16,10-6-8-13-17)11-14-21(18-2,19-3)20-4;/h16-17H,5-14H2,1-4H3;1H/q+1;/p-1. The lowest BCUT2D eigenvalue weighted by molar-refractivity contribution is -0.908. The van der Waals surface area contributed by atoms with Gasteiger partial charge in [0.15, 0.2) is 0 Å². The quantitative estimate of drug-likeness (QED) is 0.210. The van der Waals surface area contributed by atoms with Gasteiger partial charge in [0, 0.05) is 34.5 Å². The highest BCUT2D eigenvalue weighted by molar-refractivity contribution is 6.60. The van der Waals surface area contributed by atoms with E-state index in [1.54, 1.807) is 21.3 Å². The van der Waals surface area contributed by atoms with Gasteiger partial charge in [0.2, 0.25) is 0 Å². The normalized spacial score (nSPS) is 12.3. The van der Waals surface area contributed by atoms with Crippen molar-refractivity contribution in [3.63, 3.8) is 0 Å². The third-order valence-electron chi connectivity index (χ3n) is 4.10. The second kappa shape index (κ2) is 13.7. The molecule has 2 N–H and O–H groups in total. The van der Waals surface area contributed by atoms with Crippen molar-refractivity contribution >= 4 is 8.80 Å². The topological polar surface area (TPSA) is 68.2 Å². The predicted molar refractivity (Wildman–Crippen MR) is 85.0 cm³/mol. The second-order valence-corrected chi connectivity index (χ2v) is 8.79. The summed E-state index contributed by atoms with van der Waals surface area (Å²) in [5, 5.41) is 17.9. The van der Waals surface area contributed by atoms with E-state index in [1.165, 1.54) is 0 Å². The van der Waals surface area contributed by atoms with Gasteiger partial charge in [-0.2, -0.15) is 0 Å². The number of aliphatic hydroxyl groups is 2. The van der Waals surface area contributed by atoms with E-state index in [0.717, 1.165) is 55.8 Å². The molecule has 0 aromatic heterocycles. The molecule has 0 spiro atoms. The fraction of sp³-hybridized carbons (Fsp3) is 1.00. The number of nitrogens with zero attached hydrogens (tertiary/aromatic N) is 1. The Balaban J connectivity index is 0. The van der Waals surface area contributed by atoms with Crippen molar-refractivity contribution in [1.82, 2.24) is 0 Å². The monoisotopic (exact) mass is 359 g/mol. The minimum Gasteiger partial charge on any atom is -1.00 e. The second-order valence-electron chi connectivity index (χ2n) is 5.70. The molecule has 0 saturated heterocycles. The number of halogens is 1. The summed E-state index contributed by atoms with van der Waals surface area (Å²) in [5.74, 6) is 0. The lowest BCUT2D eigenvalue weighted by Gasteiger charge is -2.37. The summed E-state index contributed by atoms with van der Waals surface area (Å²) in [6.07, 6.45) is 3.64. The molecule has 0 aliphatic heterocycles. The van der Waals surface area contributed by atoms with E-state index in [4.69, 9.17) is 23.5 Å². The van der Waals surface area contributed by atoms with Crippen LogP contribution >= 0.6 is 0 Å². The van der Waals surface area contributed by atoms with Crippen LogP contribution in [0.2, 0.25) is 6.04 Å². The van der Waals surface area contributed by atoms with Crippen LogP contribution in [0.4, 0.5) is 0 Å². The van der Waals surface area contributed by atoms with Crippen molar-refractivity contribution in [2.45, 2.75) is 31.7 Å².